The molecular weight excluding hydrogens is 498 g/mol. The number of nitrogens with one attached hydrogen (secondary N) is 3. The zero-order chi connectivity index (χ0) is 27.7. The minimum absolute atomic E-state index is 0.0642. The molecule has 2 aromatic heterocycles. The number of carbonyl (C=O) groups excluding carboxylic acids is 2. The minimum atomic E-state index is -0.544. The van der Waals surface area contributed by atoms with Crippen LogP contribution in [-0.2, 0) is 11.3 Å². The van der Waals surface area contributed by atoms with Crippen LogP contribution in [0.25, 0.3) is 0 Å². The zero-order valence-electron chi connectivity index (χ0n) is 23.1. The molecule has 1 fully saturated rings. The molecule has 0 unspecified atom stereocenters. The van der Waals surface area contributed by atoms with Gasteiger partial charge in [0.05, 0.1) is 25.3 Å². The van der Waals surface area contributed by atoms with Gasteiger partial charge < -0.3 is 24.4 Å². The second kappa shape index (κ2) is 10.5. The lowest BCUT2D eigenvalue weighted by Crippen LogP contribution is -2.45. The Morgan fingerprint density at radius 1 is 1.26 bits per heavy atom. The average molecular weight is 535 g/mol. The number of ether oxygens (including phenoxy) is 1. The lowest BCUT2D eigenvalue weighted by atomic mass is 9.91. The molecule has 2 aliphatic rings. The molecule has 11 heteroatoms. The molecule has 2 amide bonds. The van der Waals surface area contributed by atoms with Crippen molar-refractivity contribution in [2.24, 2.45) is 5.41 Å². The van der Waals surface area contributed by atoms with Crippen LogP contribution in [-0.4, -0.2) is 48.7 Å². The number of carbonyl (C=O) groups is 2. The van der Waals surface area contributed by atoms with E-state index in [1.165, 1.54) is 12.8 Å². The maximum absolute atomic E-state index is 13.2. The van der Waals surface area contributed by atoms with Crippen LogP contribution >= 0.6 is 0 Å². The van der Waals surface area contributed by atoms with E-state index >= 15 is 0 Å². The Kier molecular flexibility index (Phi) is 7.16. The number of aromatic nitrogens is 3. The predicted octanol–water partition coefficient (Wildman–Crippen LogP) is 3.63. The predicted molar refractivity (Wildman–Crippen MR) is 146 cm³/mol. The molecule has 0 radical (unpaired) electrons. The number of H-pyrrole nitrogens is 1. The third kappa shape index (κ3) is 5.39. The third-order valence-electron chi connectivity index (χ3n) is 7.46. The SMILES string of the molecule is COc1cc(C(=O)NCc2cc(C)on2)ccc1Nc1nc2c(c[nH+]1)N(C)C(=O)C(C)(C)CN2C1CCCC1. The number of aromatic amines is 1. The number of hydrogen-bond donors (Lipinski definition) is 2. The molecule has 3 N–H and O–H groups in total. The number of amides is 2. The largest absolute Gasteiger partial charge is 0.493 e. The molecule has 0 bridgehead atoms. The number of nitrogens with zero attached hydrogens (tertiary/aromatic N) is 4. The molecule has 39 heavy (non-hydrogen) atoms. The number of benzene rings is 1. The summed E-state index contributed by atoms with van der Waals surface area (Å²) in [6.45, 7) is 6.66. The summed E-state index contributed by atoms with van der Waals surface area (Å²) < 4.78 is 10.6. The van der Waals surface area contributed by atoms with E-state index in [9.17, 15) is 9.59 Å². The number of anilines is 4. The van der Waals surface area contributed by atoms with E-state index < -0.39 is 5.41 Å². The summed E-state index contributed by atoms with van der Waals surface area (Å²) in [5, 5.41) is 10.0. The summed E-state index contributed by atoms with van der Waals surface area (Å²) in [5.74, 6) is 2.28. The maximum Gasteiger partial charge on any atom is 0.396 e. The Balaban J connectivity index is 1.39. The van der Waals surface area contributed by atoms with E-state index in [-0.39, 0.29) is 18.4 Å². The maximum atomic E-state index is 13.2. The first kappa shape index (κ1) is 26.5. The molecule has 1 aliphatic heterocycles. The Labute approximate surface area is 227 Å². The fourth-order valence-corrected chi connectivity index (χ4v) is 5.41. The molecule has 11 nitrogen and oxygen atoms in total. The van der Waals surface area contributed by atoms with Crippen LogP contribution < -0.4 is 30.2 Å². The molecule has 0 atom stereocenters. The van der Waals surface area contributed by atoms with Crippen molar-refractivity contribution in [2.45, 2.75) is 59.0 Å². The van der Waals surface area contributed by atoms with Crippen molar-refractivity contribution < 1.29 is 23.8 Å². The number of fused-ring (bicyclic) bond motifs is 1. The van der Waals surface area contributed by atoms with Gasteiger partial charge in [0, 0.05) is 31.3 Å². The minimum Gasteiger partial charge on any atom is -0.493 e. The highest BCUT2D eigenvalue weighted by molar-refractivity contribution is 6.00. The summed E-state index contributed by atoms with van der Waals surface area (Å²) >= 11 is 0. The van der Waals surface area contributed by atoms with E-state index in [2.05, 4.69) is 25.7 Å². The fraction of sp³-hybridized carbons (Fsp3) is 0.464. The first-order chi connectivity index (χ1) is 18.7. The van der Waals surface area contributed by atoms with E-state index in [1.54, 1.807) is 50.2 Å². The molecule has 1 saturated carbocycles. The van der Waals surface area contributed by atoms with Crippen LogP contribution in [0.1, 0.15) is 61.3 Å². The Morgan fingerprint density at radius 3 is 2.72 bits per heavy atom. The van der Waals surface area contributed by atoms with Gasteiger partial charge in [-0.05, 0) is 51.8 Å². The highest BCUT2D eigenvalue weighted by atomic mass is 16.5. The number of methoxy groups -OCH3 is 1. The first-order valence-corrected chi connectivity index (χ1v) is 13.3. The standard InChI is InChI=1S/C28H35N7O4/c1-17-12-19(33-39-17)14-29-25(36)18-10-11-21(23(13-18)38-5)31-27-30-15-22-24(32-27)35(20-8-6-7-9-20)16-28(2,3)26(37)34(22)4/h10-13,15,20H,6-9,14,16H2,1-5H3,(H,29,36)(H,30,31,32)/p+1. The van der Waals surface area contributed by atoms with Crippen molar-refractivity contribution in [1.82, 2.24) is 15.5 Å². The molecule has 0 spiro atoms. The molecule has 1 aromatic carbocycles. The third-order valence-corrected chi connectivity index (χ3v) is 7.46. The Morgan fingerprint density at radius 2 is 2.03 bits per heavy atom. The van der Waals surface area contributed by atoms with Gasteiger partial charge in [-0.25, -0.2) is 10.3 Å². The summed E-state index contributed by atoms with van der Waals surface area (Å²) in [6.07, 6.45) is 6.36. The Hall–Kier alpha value is -4.15. The van der Waals surface area contributed by atoms with Crippen molar-refractivity contribution in [3.63, 3.8) is 0 Å². The van der Waals surface area contributed by atoms with Gasteiger partial charge in [0.15, 0.2) is 5.75 Å². The fourth-order valence-electron chi connectivity index (χ4n) is 5.41. The molecule has 1 aliphatic carbocycles. The van der Waals surface area contributed by atoms with Crippen LogP contribution in [0.15, 0.2) is 35.0 Å². The van der Waals surface area contributed by atoms with E-state index in [4.69, 9.17) is 14.2 Å². The molecule has 206 valence electrons. The normalized spacial score (nSPS) is 17.1. The van der Waals surface area contributed by atoms with Gasteiger partial charge in [-0.15, -0.1) is 0 Å². The second-order valence-corrected chi connectivity index (χ2v) is 10.9. The summed E-state index contributed by atoms with van der Waals surface area (Å²) in [7, 11) is 3.36. The van der Waals surface area contributed by atoms with Gasteiger partial charge in [0.1, 0.15) is 22.8 Å². The second-order valence-electron chi connectivity index (χ2n) is 10.9. The molecule has 5 rings (SSSR count). The van der Waals surface area contributed by atoms with Gasteiger partial charge in [-0.3, -0.25) is 9.59 Å². The van der Waals surface area contributed by atoms with Crippen LogP contribution in [0.3, 0.4) is 0 Å². The van der Waals surface area contributed by atoms with Crippen LogP contribution in [0.2, 0.25) is 0 Å². The smallest absolute Gasteiger partial charge is 0.396 e. The van der Waals surface area contributed by atoms with Gasteiger partial charge in [-0.2, -0.15) is 0 Å². The lowest BCUT2D eigenvalue weighted by molar-refractivity contribution is -0.363. The molecule has 3 aromatic rings. The van der Waals surface area contributed by atoms with Gasteiger partial charge in [0.25, 0.3) is 5.91 Å². The highest BCUT2D eigenvalue weighted by Gasteiger charge is 2.43. The highest BCUT2D eigenvalue weighted by Crippen LogP contribution is 2.40. The number of rotatable bonds is 7. The van der Waals surface area contributed by atoms with Crippen LogP contribution in [0, 0.1) is 12.3 Å². The number of aryl methyl sites for hydroxylation is 1. The molecular formula is C28H36N7O4+. The van der Waals surface area contributed by atoms with Gasteiger partial charge >= 0.3 is 5.95 Å². The lowest BCUT2D eigenvalue weighted by Gasteiger charge is -2.32. The molecule has 3 heterocycles. The van der Waals surface area contributed by atoms with E-state index in [0.717, 1.165) is 24.3 Å². The topological polar surface area (TPSA) is 127 Å². The summed E-state index contributed by atoms with van der Waals surface area (Å²) in [4.78, 5) is 38.1. The average Bonchev–Trinajstić information content (AvgIpc) is 3.60. The van der Waals surface area contributed by atoms with Crippen molar-refractivity contribution in [3.8, 4) is 5.75 Å². The van der Waals surface area contributed by atoms with Crippen LogP contribution in [0.5, 0.6) is 5.75 Å². The van der Waals surface area contributed by atoms with Gasteiger partial charge in [0.2, 0.25) is 11.7 Å². The Bertz CT molecular complexity index is 1380. The molecule has 0 saturated heterocycles. The van der Waals surface area contributed by atoms with Crippen LogP contribution in [0.4, 0.5) is 23.1 Å². The summed E-state index contributed by atoms with van der Waals surface area (Å²) in [5.41, 5.74) is 1.96. The first-order valence-electron chi connectivity index (χ1n) is 13.3. The number of hydrogen-bond acceptors (Lipinski definition) is 8. The van der Waals surface area contributed by atoms with Gasteiger partial charge in [-0.1, -0.05) is 23.0 Å². The zero-order valence-corrected chi connectivity index (χ0v) is 23.1. The van der Waals surface area contributed by atoms with Crippen molar-refractivity contribution in [2.75, 3.05) is 35.8 Å². The van der Waals surface area contributed by atoms with Crippen molar-refractivity contribution in [1.29, 1.82) is 0 Å². The quantitative estimate of drug-likeness (QED) is 0.471. The summed E-state index contributed by atoms with van der Waals surface area (Å²) in [6, 6.07) is 7.30. The van der Waals surface area contributed by atoms with E-state index in [1.807, 2.05) is 20.0 Å². The van der Waals surface area contributed by atoms with E-state index in [0.29, 0.717) is 47.0 Å². The van der Waals surface area contributed by atoms with Crippen molar-refractivity contribution >= 4 is 35.0 Å². The van der Waals surface area contributed by atoms with Crippen molar-refractivity contribution in [3.05, 3.63) is 47.5 Å². The monoisotopic (exact) mass is 534 g/mol.